The van der Waals surface area contributed by atoms with Gasteiger partial charge in [-0.05, 0) is 35.9 Å². The van der Waals surface area contributed by atoms with E-state index in [-0.39, 0.29) is 11.6 Å². The van der Waals surface area contributed by atoms with E-state index in [1.807, 2.05) is 30.3 Å². The number of fused-ring (bicyclic) bond motifs is 1. The highest BCUT2D eigenvalue weighted by atomic mass is 16.5. The quantitative estimate of drug-likeness (QED) is 0.513. The molecule has 2 N–H and O–H groups in total. The highest BCUT2D eigenvalue weighted by Gasteiger charge is 2.24. The molecule has 29 heavy (non-hydrogen) atoms. The molecule has 1 aliphatic rings. The van der Waals surface area contributed by atoms with Crippen LogP contribution in [-0.4, -0.2) is 38.2 Å². The van der Waals surface area contributed by atoms with E-state index in [4.69, 9.17) is 9.94 Å². The smallest absolute Gasteiger partial charge is 0.295 e. The van der Waals surface area contributed by atoms with Gasteiger partial charge in [0.25, 0.3) is 11.8 Å². The molecule has 4 rings (SSSR count). The van der Waals surface area contributed by atoms with Gasteiger partial charge in [-0.25, -0.2) is 5.48 Å². The van der Waals surface area contributed by atoms with Gasteiger partial charge >= 0.3 is 0 Å². The SMILES string of the molecule is O=C(NO)c1cc2n(n1)CCN(C(=O)c1ccc(OCc3ccccc3)cc1)C2. The number of carbonyl (C=O) groups is 2. The predicted octanol–water partition coefficient (Wildman–Crippen LogP) is 2.24. The van der Waals surface area contributed by atoms with E-state index in [1.165, 1.54) is 0 Å². The fourth-order valence-corrected chi connectivity index (χ4v) is 3.23. The topological polar surface area (TPSA) is 96.7 Å². The number of benzene rings is 2. The molecule has 0 saturated carbocycles. The zero-order valence-electron chi connectivity index (χ0n) is 15.6. The van der Waals surface area contributed by atoms with Crippen molar-refractivity contribution >= 4 is 11.8 Å². The molecule has 148 valence electrons. The second kappa shape index (κ2) is 8.15. The molecule has 0 atom stereocenters. The van der Waals surface area contributed by atoms with Gasteiger partial charge in [0.05, 0.1) is 18.8 Å². The molecule has 0 aliphatic carbocycles. The Balaban J connectivity index is 1.39. The Labute approximate surface area is 167 Å². The van der Waals surface area contributed by atoms with Crippen LogP contribution in [0.2, 0.25) is 0 Å². The maximum atomic E-state index is 12.8. The molecule has 0 unspecified atom stereocenters. The first kappa shape index (κ1) is 18.7. The Hall–Kier alpha value is -3.65. The Kier molecular flexibility index (Phi) is 5.26. The average molecular weight is 392 g/mol. The van der Waals surface area contributed by atoms with Gasteiger partial charge in [-0.2, -0.15) is 5.10 Å². The molecule has 8 heteroatoms. The first-order chi connectivity index (χ1) is 14.1. The molecule has 8 nitrogen and oxygen atoms in total. The second-order valence-corrected chi connectivity index (χ2v) is 6.71. The van der Waals surface area contributed by atoms with Gasteiger partial charge in [0.15, 0.2) is 5.69 Å². The van der Waals surface area contributed by atoms with Crippen molar-refractivity contribution in [2.75, 3.05) is 6.54 Å². The number of ether oxygens (including phenoxy) is 1. The fourth-order valence-electron chi connectivity index (χ4n) is 3.23. The summed E-state index contributed by atoms with van der Waals surface area (Å²) in [5.74, 6) is -0.0714. The number of aromatic nitrogens is 2. The third-order valence-electron chi connectivity index (χ3n) is 4.77. The van der Waals surface area contributed by atoms with Crippen LogP contribution >= 0.6 is 0 Å². The second-order valence-electron chi connectivity index (χ2n) is 6.71. The third-order valence-corrected chi connectivity index (χ3v) is 4.77. The van der Waals surface area contributed by atoms with E-state index in [2.05, 4.69) is 5.10 Å². The number of nitrogens with zero attached hydrogens (tertiary/aromatic N) is 3. The molecule has 0 spiro atoms. The van der Waals surface area contributed by atoms with Crippen molar-refractivity contribution in [3.8, 4) is 5.75 Å². The minimum Gasteiger partial charge on any atom is -0.489 e. The molecule has 3 aromatic rings. The summed E-state index contributed by atoms with van der Waals surface area (Å²) >= 11 is 0. The van der Waals surface area contributed by atoms with Crippen molar-refractivity contribution in [3.63, 3.8) is 0 Å². The van der Waals surface area contributed by atoms with Crippen LogP contribution in [0.3, 0.4) is 0 Å². The Morgan fingerprint density at radius 2 is 1.83 bits per heavy atom. The van der Waals surface area contributed by atoms with Crippen LogP contribution < -0.4 is 10.2 Å². The molecule has 2 heterocycles. The summed E-state index contributed by atoms with van der Waals surface area (Å²) in [6.45, 7) is 1.78. The summed E-state index contributed by atoms with van der Waals surface area (Å²) in [4.78, 5) is 26.1. The lowest BCUT2D eigenvalue weighted by atomic mass is 10.1. The monoisotopic (exact) mass is 392 g/mol. The normalized spacial score (nSPS) is 12.9. The highest BCUT2D eigenvalue weighted by molar-refractivity contribution is 5.94. The van der Waals surface area contributed by atoms with Gasteiger partial charge in [-0.15, -0.1) is 0 Å². The molecule has 0 saturated heterocycles. The lowest BCUT2D eigenvalue weighted by Crippen LogP contribution is -2.38. The summed E-state index contributed by atoms with van der Waals surface area (Å²) in [7, 11) is 0. The van der Waals surface area contributed by atoms with Crippen molar-refractivity contribution in [2.24, 2.45) is 0 Å². The van der Waals surface area contributed by atoms with Gasteiger partial charge in [0.1, 0.15) is 12.4 Å². The van der Waals surface area contributed by atoms with Crippen molar-refractivity contribution < 1.29 is 19.5 Å². The first-order valence-electron chi connectivity index (χ1n) is 9.21. The average Bonchev–Trinajstić information content (AvgIpc) is 3.21. The lowest BCUT2D eigenvalue weighted by molar-refractivity contribution is 0.0690. The maximum Gasteiger partial charge on any atom is 0.295 e. The summed E-state index contributed by atoms with van der Waals surface area (Å²) in [6, 6.07) is 18.5. The van der Waals surface area contributed by atoms with Gasteiger partial charge in [-0.3, -0.25) is 19.5 Å². The standard InChI is InChI=1S/C21H20N4O4/c26-20(23-28)19-12-17-13-24(10-11-25(17)22-19)21(27)16-6-8-18(9-7-16)29-14-15-4-2-1-3-5-15/h1-9,12,28H,10-11,13-14H2,(H,23,26). The summed E-state index contributed by atoms with van der Waals surface area (Å²) in [5.41, 5.74) is 4.08. The zero-order valence-corrected chi connectivity index (χ0v) is 15.6. The molecule has 0 bridgehead atoms. The van der Waals surface area contributed by atoms with Crippen molar-refractivity contribution in [2.45, 2.75) is 19.7 Å². The van der Waals surface area contributed by atoms with E-state index in [1.54, 1.807) is 45.4 Å². The van der Waals surface area contributed by atoms with Crippen LogP contribution in [0.15, 0.2) is 60.7 Å². The van der Waals surface area contributed by atoms with Crippen LogP contribution in [0.4, 0.5) is 0 Å². The van der Waals surface area contributed by atoms with Crippen molar-refractivity contribution in [1.29, 1.82) is 0 Å². The number of carbonyl (C=O) groups excluding carboxylic acids is 2. The van der Waals surface area contributed by atoms with Crippen LogP contribution in [0.25, 0.3) is 0 Å². The molecule has 2 aromatic carbocycles. The largest absolute Gasteiger partial charge is 0.489 e. The fraction of sp³-hybridized carbons (Fsp3) is 0.190. The number of nitrogens with one attached hydrogen (secondary N) is 1. The Morgan fingerprint density at radius 3 is 2.55 bits per heavy atom. The Bertz CT molecular complexity index is 1010. The number of amides is 2. The first-order valence-corrected chi connectivity index (χ1v) is 9.21. The molecule has 2 amide bonds. The minimum absolute atomic E-state index is 0.0970. The van der Waals surface area contributed by atoms with Gasteiger partial charge in [0.2, 0.25) is 0 Å². The molecule has 0 radical (unpaired) electrons. The third kappa shape index (κ3) is 4.12. The summed E-state index contributed by atoms with van der Waals surface area (Å²) in [6.07, 6.45) is 0. The highest BCUT2D eigenvalue weighted by Crippen LogP contribution is 2.19. The van der Waals surface area contributed by atoms with Crippen molar-refractivity contribution in [3.05, 3.63) is 83.2 Å². The number of hydrogen-bond donors (Lipinski definition) is 2. The number of hydrogen-bond acceptors (Lipinski definition) is 5. The number of rotatable bonds is 5. The van der Waals surface area contributed by atoms with Crippen molar-refractivity contribution in [1.82, 2.24) is 20.2 Å². The van der Waals surface area contributed by atoms with Crippen LogP contribution in [-0.2, 0) is 19.7 Å². The lowest BCUT2D eigenvalue weighted by Gasteiger charge is -2.27. The van der Waals surface area contributed by atoms with Crippen LogP contribution in [0.1, 0.15) is 32.1 Å². The minimum atomic E-state index is -0.670. The van der Waals surface area contributed by atoms with E-state index >= 15 is 0 Å². The summed E-state index contributed by atoms with van der Waals surface area (Å²) < 4.78 is 7.44. The van der Waals surface area contributed by atoms with E-state index in [0.29, 0.717) is 37.6 Å². The Morgan fingerprint density at radius 1 is 1.07 bits per heavy atom. The van der Waals surface area contributed by atoms with Gasteiger partial charge in [-0.1, -0.05) is 30.3 Å². The number of hydroxylamine groups is 1. The van der Waals surface area contributed by atoms with E-state index in [0.717, 1.165) is 11.3 Å². The maximum absolute atomic E-state index is 12.8. The molecule has 1 aromatic heterocycles. The van der Waals surface area contributed by atoms with E-state index in [9.17, 15) is 9.59 Å². The molecule has 1 aliphatic heterocycles. The summed E-state index contributed by atoms with van der Waals surface area (Å²) in [5, 5.41) is 12.9. The molecule has 0 fully saturated rings. The van der Waals surface area contributed by atoms with Crippen LogP contribution in [0, 0.1) is 0 Å². The zero-order chi connectivity index (χ0) is 20.2. The molecular formula is C21H20N4O4. The predicted molar refractivity (Wildman–Crippen MR) is 103 cm³/mol. The van der Waals surface area contributed by atoms with E-state index < -0.39 is 5.91 Å². The van der Waals surface area contributed by atoms with Gasteiger partial charge < -0.3 is 9.64 Å². The molecular weight excluding hydrogens is 372 g/mol. The van der Waals surface area contributed by atoms with Crippen LogP contribution in [0.5, 0.6) is 5.75 Å². The van der Waals surface area contributed by atoms with Gasteiger partial charge in [0, 0.05) is 12.1 Å².